The van der Waals surface area contributed by atoms with E-state index in [1.165, 1.54) is 31.3 Å². The molecule has 0 spiro atoms. The number of aliphatic hydroxyl groups is 1. The molecule has 2 unspecified atom stereocenters. The van der Waals surface area contributed by atoms with E-state index in [1.807, 2.05) is 6.08 Å². The SMILES string of the molecule is C[C@]12CCC3[C@@H](CCC4=CC(=O)CC[C@@H]43)C1CC[C@@H]2O. The molecule has 0 radical (unpaired) electrons. The molecule has 1 N–H and O–H groups in total. The zero-order valence-electron chi connectivity index (χ0n) is 12.5. The molecule has 110 valence electrons. The van der Waals surface area contributed by atoms with Crippen molar-refractivity contribution in [2.45, 2.75) is 64.4 Å². The van der Waals surface area contributed by atoms with Crippen LogP contribution in [0.4, 0.5) is 0 Å². The summed E-state index contributed by atoms with van der Waals surface area (Å²) in [4.78, 5) is 11.6. The average Bonchev–Trinajstić information content (AvgIpc) is 2.74. The van der Waals surface area contributed by atoms with Gasteiger partial charge in [0.2, 0.25) is 0 Å². The van der Waals surface area contributed by atoms with E-state index in [-0.39, 0.29) is 11.5 Å². The van der Waals surface area contributed by atoms with Crippen molar-refractivity contribution in [3.8, 4) is 0 Å². The van der Waals surface area contributed by atoms with E-state index in [1.54, 1.807) is 0 Å². The maximum Gasteiger partial charge on any atom is 0.155 e. The summed E-state index contributed by atoms with van der Waals surface area (Å²) in [7, 11) is 0. The van der Waals surface area contributed by atoms with Gasteiger partial charge < -0.3 is 5.11 Å². The number of hydrogen-bond donors (Lipinski definition) is 1. The Balaban J connectivity index is 1.63. The quantitative estimate of drug-likeness (QED) is 0.734. The van der Waals surface area contributed by atoms with Crippen LogP contribution in [-0.2, 0) is 4.79 Å². The Labute approximate surface area is 121 Å². The van der Waals surface area contributed by atoms with Crippen LogP contribution in [0.5, 0.6) is 0 Å². The normalized spacial score (nSPS) is 51.0. The molecule has 4 aliphatic carbocycles. The molecule has 2 heteroatoms. The lowest BCUT2D eigenvalue weighted by molar-refractivity contribution is -0.116. The lowest BCUT2D eigenvalue weighted by atomic mass is 9.52. The summed E-state index contributed by atoms with van der Waals surface area (Å²) in [5.41, 5.74) is 1.65. The van der Waals surface area contributed by atoms with Crippen LogP contribution < -0.4 is 0 Å². The minimum Gasteiger partial charge on any atom is -0.393 e. The molecule has 3 saturated carbocycles. The van der Waals surface area contributed by atoms with Crippen LogP contribution in [0.15, 0.2) is 11.6 Å². The van der Waals surface area contributed by atoms with E-state index in [0.717, 1.165) is 43.4 Å². The molecule has 4 aliphatic rings. The molecule has 0 saturated heterocycles. The third-order valence-electron chi connectivity index (χ3n) is 7.25. The average molecular weight is 274 g/mol. The number of carbonyl (C=O) groups is 1. The summed E-state index contributed by atoms with van der Waals surface area (Å²) in [5.74, 6) is 3.38. The Kier molecular flexibility index (Phi) is 2.89. The summed E-state index contributed by atoms with van der Waals surface area (Å²) in [6.45, 7) is 2.33. The van der Waals surface area contributed by atoms with Gasteiger partial charge in [0.15, 0.2) is 5.78 Å². The second-order valence-corrected chi connectivity index (χ2v) is 7.94. The molecular weight excluding hydrogens is 248 g/mol. The van der Waals surface area contributed by atoms with Crippen LogP contribution in [0.25, 0.3) is 0 Å². The first-order valence-corrected chi connectivity index (χ1v) is 8.51. The zero-order chi connectivity index (χ0) is 13.9. The van der Waals surface area contributed by atoms with Crippen molar-refractivity contribution in [2.75, 3.05) is 0 Å². The standard InChI is InChI=1S/C18H26O2/c1-18-9-8-14-13-5-3-12(19)10-11(13)2-4-15(14)16(18)6-7-17(18)20/h10,13-17,20H,2-9H2,1H3/t13-,14?,15+,16?,17-,18-/m0/s1. The Morgan fingerprint density at radius 2 is 1.95 bits per heavy atom. The smallest absolute Gasteiger partial charge is 0.155 e. The molecule has 0 aromatic heterocycles. The number of hydrogen-bond acceptors (Lipinski definition) is 2. The minimum atomic E-state index is -0.0710. The molecule has 0 aromatic rings. The van der Waals surface area contributed by atoms with Crippen molar-refractivity contribution >= 4 is 5.78 Å². The van der Waals surface area contributed by atoms with Crippen molar-refractivity contribution in [1.82, 2.24) is 0 Å². The summed E-state index contributed by atoms with van der Waals surface area (Å²) in [6.07, 6.45) is 10.9. The predicted octanol–water partition coefficient (Wildman–Crippen LogP) is 3.49. The molecule has 0 amide bonds. The Morgan fingerprint density at radius 1 is 1.10 bits per heavy atom. The number of ketones is 1. The van der Waals surface area contributed by atoms with Gasteiger partial charge in [-0.2, -0.15) is 0 Å². The number of fused-ring (bicyclic) bond motifs is 5. The first-order valence-electron chi connectivity index (χ1n) is 8.51. The molecule has 20 heavy (non-hydrogen) atoms. The molecular formula is C18H26O2. The van der Waals surface area contributed by atoms with Gasteiger partial charge in [0.25, 0.3) is 0 Å². The fraction of sp³-hybridized carbons (Fsp3) is 0.833. The van der Waals surface area contributed by atoms with Crippen LogP contribution in [0.1, 0.15) is 58.3 Å². The monoisotopic (exact) mass is 274 g/mol. The highest BCUT2D eigenvalue weighted by molar-refractivity contribution is 5.91. The first-order chi connectivity index (χ1) is 9.59. The second-order valence-electron chi connectivity index (χ2n) is 7.94. The van der Waals surface area contributed by atoms with Crippen LogP contribution in [0.3, 0.4) is 0 Å². The van der Waals surface area contributed by atoms with Crippen molar-refractivity contribution < 1.29 is 9.90 Å². The highest BCUT2D eigenvalue weighted by Crippen LogP contribution is 2.61. The lowest BCUT2D eigenvalue weighted by Crippen LogP contribution is -2.47. The predicted molar refractivity (Wildman–Crippen MR) is 78.1 cm³/mol. The fourth-order valence-corrected chi connectivity index (χ4v) is 6.15. The molecule has 0 heterocycles. The maximum atomic E-state index is 11.6. The van der Waals surface area contributed by atoms with Gasteiger partial charge >= 0.3 is 0 Å². The molecule has 2 nitrogen and oxygen atoms in total. The largest absolute Gasteiger partial charge is 0.393 e. The molecule has 4 rings (SSSR count). The van der Waals surface area contributed by atoms with Crippen LogP contribution in [-0.4, -0.2) is 17.0 Å². The van der Waals surface area contributed by atoms with Crippen molar-refractivity contribution in [3.63, 3.8) is 0 Å². The van der Waals surface area contributed by atoms with Gasteiger partial charge in [-0.3, -0.25) is 4.79 Å². The van der Waals surface area contributed by atoms with E-state index in [4.69, 9.17) is 0 Å². The van der Waals surface area contributed by atoms with Gasteiger partial charge in [-0.05, 0) is 80.1 Å². The van der Waals surface area contributed by atoms with E-state index in [0.29, 0.717) is 11.7 Å². The highest BCUT2D eigenvalue weighted by Gasteiger charge is 2.55. The van der Waals surface area contributed by atoms with E-state index in [9.17, 15) is 9.90 Å². The van der Waals surface area contributed by atoms with Gasteiger partial charge in [-0.15, -0.1) is 0 Å². The first kappa shape index (κ1) is 13.1. The van der Waals surface area contributed by atoms with Gasteiger partial charge in [0.05, 0.1) is 6.10 Å². The number of carbonyl (C=O) groups excluding carboxylic acids is 1. The number of rotatable bonds is 0. The Hall–Kier alpha value is -0.630. The molecule has 0 aliphatic heterocycles. The molecule has 6 atom stereocenters. The van der Waals surface area contributed by atoms with Gasteiger partial charge in [0, 0.05) is 6.42 Å². The van der Waals surface area contributed by atoms with Crippen molar-refractivity contribution in [3.05, 3.63) is 11.6 Å². The molecule has 0 bridgehead atoms. The van der Waals surface area contributed by atoms with E-state index in [2.05, 4.69) is 6.92 Å². The summed E-state index contributed by atoms with van der Waals surface area (Å²) in [6, 6.07) is 0. The van der Waals surface area contributed by atoms with Crippen LogP contribution >= 0.6 is 0 Å². The third-order valence-corrected chi connectivity index (χ3v) is 7.25. The van der Waals surface area contributed by atoms with Gasteiger partial charge in [-0.25, -0.2) is 0 Å². The third kappa shape index (κ3) is 1.70. The summed E-state index contributed by atoms with van der Waals surface area (Å²) in [5, 5.41) is 10.4. The van der Waals surface area contributed by atoms with Gasteiger partial charge in [-0.1, -0.05) is 12.5 Å². The second kappa shape index (κ2) is 4.43. The topological polar surface area (TPSA) is 37.3 Å². The number of aliphatic hydroxyl groups excluding tert-OH is 1. The van der Waals surface area contributed by atoms with E-state index >= 15 is 0 Å². The fourth-order valence-electron chi connectivity index (χ4n) is 6.15. The lowest BCUT2D eigenvalue weighted by Gasteiger charge is -2.53. The van der Waals surface area contributed by atoms with Crippen LogP contribution in [0.2, 0.25) is 0 Å². The van der Waals surface area contributed by atoms with Gasteiger partial charge in [0.1, 0.15) is 0 Å². The number of allylic oxidation sites excluding steroid dienone is 1. The van der Waals surface area contributed by atoms with Crippen molar-refractivity contribution in [1.29, 1.82) is 0 Å². The molecule has 3 fully saturated rings. The van der Waals surface area contributed by atoms with Crippen LogP contribution in [0, 0.1) is 29.1 Å². The Morgan fingerprint density at radius 3 is 2.80 bits per heavy atom. The maximum absolute atomic E-state index is 11.6. The van der Waals surface area contributed by atoms with Crippen molar-refractivity contribution in [2.24, 2.45) is 29.1 Å². The summed E-state index contributed by atoms with van der Waals surface area (Å²) < 4.78 is 0. The van der Waals surface area contributed by atoms with E-state index < -0.39 is 0 Å². The molecule has 0 aromatic carbocycles. The Bertz CT molecular complexity index is 466. The summed E-state index contributed by atoms with van der Waals surface area (Å²) >= 11 is 0. The highest BCUT2D eigenvalue weighted by atomic mass is 16.3. The zero-order valence-corrected chi connectivity index (χ0v) is 12.5. The minimum absolute atomic E-state index is 0.0710.